The maximum absolute atomic E-state index is 12.3. The number of aryl methyl sites for hydroxylation is 2. The first-order chi connectivity index (χ1) is 11.1. The standard InChI is InChI=1S/C18H27N3O2/c1-15-3-4-16(2)17(13-15)20-7-5-19(6-8-20)14-18(22)21-9-11-23-12-10-21/h3-4,13H,5-12,14H2,1-2H3. The highest BCUT2D eigenvalue weighted by Gasteiger charge is 2.23. The van der Waals surface area contributed by atoms with Crippen LogP contribution in [-0.2, 0) is 9.53 Å². The summed E-state index contributed by atoms with van der Waals surface area (Å²) >= 11 is 0. The summed E-state index contributed by atoms with van der Waals surface area (Å²) in [5, 5.41) is 0. The number of carbonyl (C=O) groups excluding carboxylic acids is 1. The Labute approximate surface area is 138 Å². The second kappa shape index (κ2) is 7.32. The number of benzene rings is 1. The predicted molar refractivity (Wildman–Crippen MR) is 92.0 cm³/mol. The van der Waals surface area contributed by atoms with Crippen molar-refractivity contribution in [2.75, 3.05) is 63.9 Å². The van der Waals surface area contributed by atoms with Crippen molar-refractivity contribution in [1.29, 1.82) is 0 Å². The second-order valence-electron chi connectivity index (χ2n) is 6.55. The number of carbonyl (C=O) groups is 1. The zero-order chi connectivity index (χ0) is 16.2. The van der Waals surface area contributed by atoms with Crippen LogP contribution in [0.25, 0.3) is 0 Å². The van der Waals surface area contributed by atoms with Crippen LogP contribution in [0.4, 0.5) is 5.69 Å². The lowest BCUT2D eigenvalue weighted by molar-refractivity contribution is -0.136. The fraction of sp³-hybridized carbons (Fsp3) is 0.611. The molecule has 126 valence electrons. The van der Waals surface area contributed by atoms with Gasteiger partial charge < -0.3 is 14.5 Å². The van der Waals surface area contributed by atoms with Crippen molar-refractivity contribution >= 4 is 11.6 Å². The number of ether oxygens (including phenoxy) is 1. The highest BCUT2D eigenvalue weighted by molar-refractivity contribution is 5.78. The lowest BCUT2D eigenvalue weighted by atomic mass is 10.1. The smallest absolute Gasteiger partial charge is 0.236 e. The fourth-order valence-electron chi connectivity index (χ4n) is 3.31. The van der Waals surface area contributed by atoms with E-state index in [9.17, 15) is 4.79 Å². The molecule has 2 fully saturated rings. The molecule has 2 saturated heterocycles. The highest BCUT2D eigenvalue weighted by atomic mass is 16.5. The van der Waals surface area contributed by atoms with Crippen LogP contribution in [0.3, 0.4) is 0 Å². The van der Waals surface area contributed by atoms with E-state index in [-0.39, 0.29) is 5.91 Å². The lowest BCUT2D eigenvalue weighted by Gasteiger charge is -2.37. The third kappa shape index (κ3) is 4.03. The Balaban J connectivity index is 1.52. The topological polar surface area (TPSA) is 36.0 Å². The molecular weight excluding hydrogens is 290 g/mol. The van der Waals surface area contributed by atoms with Crippen LogP contribution in [0.1, 0.15) is 11.1 Å². The number of anilines is 1. The largest absolute Gasteiger partial charge is 0.378 e. The summed E-state index contributed by atoms with van der Waals surface area (Å²) < 4.78 is 5.31. The molecule has 2 aliphatic rings. The van der Waals surface area contributed by atoms with E-state index in [1.54, 1.807) is 0 Å². The van der Waals surface area contributed by atoms with Gasteiger partial charge in [-0.1, -0.05) is 12.1 Å². The van der Waals surface area contributed by atoms with E-state index in [1.165, 1.54) is 16.8 Å². The minimum absolute atomic E-state index is 0.244. The van der Waals surface area contributed by atoms with E-state index in [0.29, 0.717) is 19.8 Å². The minimum Gasteiger partial charge on any atom is -0.378 e. The predicted octanol–water partition coefficient (Wildman–Crippen LogP) is 1.28. The molecule has 0 radical (unpaired) electrons. The van der Waals surface area contributed by atoms with Crippen LogP contribution in [0.15, 0.2) is 18.2 Å². The summed E-state index contributed by atoms with van der Waals surface area (Å²) in [6.07, 6.45) is 0. The molecule has 5 nitrogen and oxygen atoms in total. The molecule has 5 heteroatoms. The monoisotopic (exact) mass is 317 g/mol. The number of piperazine rings is 1. The molecule has 0 bridgehead atoms. The summed E-state index contributed by atoms with van der Waals surface area (Å²) in [5.74, 6) is 0.244. The molecule has 0 aliphatic carbocycles. The van der Waals surface area contributed by atoms with Crippen molar-refractivity contribution in [3.8, 4) is 0 Å². The number of rotatable bonds is 3. The van der Waals surface area contributed by atoms with Gasteiger partial charge >= 0.3 is 0 Å². The van der Waals surface area contributed by atoms with Crippen LogP contribution in [-0.4, -0.2) is 74.7 Å². The summed E-state index contributed by atoms with van der Waals surface area (Å²) in [6, 6.07) is 6.62. The Morgan fingerprint density at radius 3 is 2.43 bits per heavy atom. The Morgan fingerprint density at radius 1 is 1.04 bits per heavy atom. The van der Waals surface area contributed by atoms with Crippen molar-refractivity contribution < 1.29 is 9.53 Å². The fourth-order valence-corrected chi connectivity index (χ4v) is 3.31. The molecule has 0 atom stereocenters. The Bertz CT molecular complexity index is 547. The molecule has 0 unspecified atom stereocenters. The van der Waals surface area contributed by atoms with Gasteiger partial charge in [-0.15, -0.1) is 0 Å². The summed E-state index contributed by atoms with van der Waals surface area (Å²) in [5.41, 5.74) is 3.97. The van der Waals surface area contributed by atoms with E-state index in [2.05, 4.69) is 41.8 Å². The molecule has 0 spiro atoms. The van der Waals surface area contributed by atoms with E-state index in [0.717, 1.165) is 39.3 Å². The van der Waals surface area contributed by atoms with Crippen molar-refractivity contribution in [2.45, 2.75) is 13.8 Å². The Morgan fingerprint density at radius 2 is 1.74 bits per heavy atom. The molecule has 1 amide bonds. The molecule has 3 rings (SSSR count). The number of amides is 1. The van der Waals surface area contributed by atoms with Crippen molar-refractivity contribution in [3.05, 3.63) is 29.3 Å². The SMILES string of the molecule is Cc1ccc(C)c(N2CCN(CC(=O)N3CCOCC3)CC2)c1. The molecule has 2 aliphatic heterocycles. The third-order valence-corrected chi connectivity index (χ3v) is 4.80. The van der Waals surface area contributed by atoms with Gasteiger partial charge in [-0.25, -0.2) is 0 Å². The lowest BCUT2D eigenvalue weighted by Crippen LogP contribution is -2.51. The molecule has 23 heavy (non-hydrogen) atoms. The van der Waals surface area contributed by atoms with Crippen LogP contribution < -0.4 is 4.90 Å². The number of hydrogen-bond acceptors (Lipinski definition) is 4. The van der Waals surface area contributed by atoms with Gasteiger partial charge in [0, 0.05) is 45.0 Å². The number of morpholine rings is 1. The van der Waals surface area contributed by atoms with Gasteiger partial charge in [0.1, 0.15) is 0 Å². The number of hydrogen-bond donors (Lipinski definition) is 0. The van der Waals surface area contributed by atoms with Gasteiger partial charge in [0.25, 0.3) is 0 Å². The van der Waals surface area contributed by atoms with E-state index < -0.39 is 0 Å². The Hall–Kier alpha value is -1.59. The summed E-state index contributed by atoms with van der Waals surface area (Å²) in [7, 11) is 0. The molecule has 2 heterocycles. The van der Waals surface area contributed by atoms with Crippen LogP contribution >= 0.6 is 0 Å². The van der Waals surface area contributed by atoms with E-state index in [4.69, 9.17) is 4.74 Å². The summed E-state index contributed by atoms with van der Waals surface area (Å²) in [4.78, 5) is 19.0. The average Bonchev–Trinajstić information content (AvgIpc) is 2.58. The molecule has 0 N–H and O–H groups in total. The third-order valence-electron chi connectivity index (χ3n) is 4.80. The molecular formula is C18H27N3O2. The van der Waals surface area contributed by atoms with Gasteiger partial charge in [-0.2, -0.15) is 0 Å². The van der Waals surface area contributed by atoms with Gasteiger partial charge in [-0.05, 0) is 31.0 Å². The van der Waals surface area contributed by atoms with Crippen LogP contribution in [0, 0.1) is 13.8 Å². The minimum atomic E-state index is 0.244. The molecule has 0 aromatic heterocycles. The van der Waals surface area contributed by atoms with Gasteiger partial charge in [0.15, 0.2) is 0 Å². The van der Waals surface area contributed by atoms with Crippen molar-refractivity contribution in [1.82, 2.24) is 9.80 Å². The van der Waals surface area contributed by atoms with Crippen molar-refractivity contribution in [2.24, 2.45) is 0 Å². The second-order valence-corrected chi connectivity index (χ2v) is 6.55. The quantitative estimate of drug-likeness (QED) is 0.841. The maximum Gasteiger partial charge on any atom is 0.236 e. The molecule has 1 aromatic rings. The normalized spacial score (nSPS) is 19.9. The average molecular weight is 317 g/mol. The highest BCUT2D eigenvalue weighted by Crippen LogP contribution is 2.22. The van der Waals surface area contributed by atoms with E-state index in [1.807, 2.05) is 4.90 Å². The van der Waals surface area contributed by atoms with Gasteiger partial charge in [-0.3, -0.25) is 9.69 Å². The van der Waals surface area contributed by atoms with Gasteiger partial charge in [0.05, 0.1) is 19.8 Å². The van der Waals surface area contributed by atoms with Crippen molar-refractivity contribution in [3.63, 3.8) is 0 Å². The maximum atomic E-state index is 12.3. The molecule has 1 aromatic carbocycles. The van der Waals surface area contributed by atoms with E-state index >= 15 is 0 Å². The summed E-state index contributed by atoms with van der Waals surface area (Å²) in [6.45, 7) is 11.5. The zero-order valence-electron chi connectivity index (χ0n) is 14.3. The van der Waals surface area contributed by atoms with Gasteiger partial charge in [0.2, 0.25) is 5.91 Å². The Kier molecular flexibility index (Phi) is 5.18. The first kappa shape index (κ1) is 16.3. The molecule has 0 saturated carbocycles. The zero-order valence-corrected chi connectivity index (χ0v) is 14.3. The van der Waals surface area contributed by atoms with Crippen LogP contribution in [0.2, 0.25) is 0 Å². The first-order valence-corrected chi connectivity index (χ1v) is 8.53. The van der Waals surface area contributed by atoms with Crippen LogP contribution in [0.5, 0.6) is 0 Å². The first-order valence-electron chi connectivity index (χ1n) is 8.53. The number of nitrogens with zero attached hydrogens (tertiary/aromatic N) is 3.